The van der Waals surface area contributed by atoms with E-state index in [-0.39, 0.29) is 0 Å². The molecule has 0 fully saturated rings. The molecule has 4 rings (SSSR count). The number of aromatic nitrogens is 2. The van der Waals surface area contributed by atoms with Crippen molar-refractivity contribution in [1.82, 2.24) is 9.78 Å². The number of anilines is 1. The summed E-state index contributed by atoms with van der Waals surface area (Å²) in [7, 11) is 0. The third-order valence-electron chi connectivity index (χ3n) is 4.04. The fourth-order valence-corrected chi connectivity index (χ4v) is 3.04. The zero-order valence-corrected chi connectivity index (χ0v) is 11.6. The lowest BCUT2D eigenvalue weighted by Crippen LogP contribution is -2.04. The first kappa shape index (κ1) is 11.5. The molecule has 0 saturated heterocycles. The highest BCUT2D eigenvalue weighted by Crippen LogP contribution is 2.33. The largest absolute Gasteiger partial charge is 0.370 e. The Morgan fingerprint density at radius 2 is 2.00 bits per heavy atom. The van der Waals surface area contributed by atoms with E-state index in [0.29, 0.717) is 0 Å². The van der Waals surface area contributed by atoms with E-state index in [1.165, 1.54) is 27.7 Å². The van der Waals surface area contributed by atoms with Gasteiger partial charge in [0.15, 0.2) is 0 Å². The average molecular weight is 263 g/mol. The van der Waals surface area contributed by atoms with Crippen LogP contribution in [0.1, 0.15) is 12.5 Å². The van der Waals surface area contributed by atoms with Gasteiger partial charge in [-0.3, -0.25) is 0 Å². The molecule has 0 amide bonds. The molecule has 0 bridgehead atoms. The van der Waals surface area contributed by atoms with Crippen LogP contribution >= 0.6 is 0 Å². The molecule has 0 aliphatic carbocycles. The maximum atomic E-state index is 4.78. The predicted molar refractivity (Wildman–Crippen MR) is 83.0 cm³/mol. The Kier molecular flexibility index (Phi) is 2.52. The molecule has 1 aromatic heterocycles. The van der Waals surface area contributed by atoms with Crippen molar-refractivity contribution in [2.45, 2.75) is 19.9 Å². The van der Waals surface area contributed by atoms with Crippen molar-refractivity contribution in [3.05, 3.63) is 48.0 Å². The molecule has 3 aromatic rings. The molecule has 3 nitrogen and oxygen atoms in total. The highest BCUT2D eigenvalue weighted by molar-refractivity contribution is 5.87. The second-order valence-electron chi connectivity index (χ2n) is 5.23. The van der Waals surface area contributed by atoms with E-state index in [1.54, 1.807) is 0 Å². The van der Waals surface area contributed by atoms with Crippen molar-refractivity contribution >= 4 is 16.6 Å². The number of hydrogen-bond donors (Lipinski definition) is 1. The van der Waals surface area contributed by atoms with Gasteiger partial charge in [0.05, 0.1) is 5.69 Å². The molecule has 0 atom stereocenters. The van der Waals surface area contributed by atoms with Gasteiger partial charge in [-0.15, -0.1) is 0 Å². The molecule has 2 aromatic carbocycles. The van der Waals surface area contributed by atoms with Crippen LogP contribution in [0.25, 0.3) is 22.0 Å². The zero-order valence-electron chi connectivity index (χ0n) is 11.6. The smallest absolute Gasteiger partial charge is 0.128 e. The number of nitrogens with one attached hydrogen (secondary N) is 1. The van der Waals surface area contributed by atoms with Crippen LogP contribution in [0.15, 0.2) is 42.5 Å². The molecule has 3 heteroatoms. The lowest BCUT2D eigenvalue weighted by molar-refractivity contribution is 0.669. The summed E-state index contributed by atoms with van der Waals surface area (Å²) in [6.45, 7) is 4.06. The molecule has 1 aliphatic heterocycles. The number of fused-ring (bicyclic) bond motifs is 2. The van der Waals surface area contributed by atoms with E-state index in [4.69, 9.17) is 5.10 Å². The summed E-state index contributed by atoms with van der Waals surface area (Å²) in [6.07, 6.45) is 1.07. The second kappa shape index (κ2) is 4.37. The first-order valence-electron chi connectivity index (χ1n) is 7.19. The second-order valence-corrected chi connectivity index (χ2v) is 5.23. The predicted octanol–water partition coefficient (Wildman–Crippen LogP) is 3.69. The molecular weight excluding hydrogens is 246 g/mol. The first-order valence-corrected chi connectivity index (χ1v) is 7.19. The molecule has 0 saturated carbocycles. The van der Waals surface area contributed by atoms with Gasteiger partial charge in [-0.2, -0.15) is 5.10 Å². The van der Waals surface area contributed by atoms with Crippen molar-refractivity contribution in [1.29, 1.82) is 0 Å². The van der Waals surface area contributed by atoms with Gasteiger partial charge in [-0.05, 0) is 30.2 Å². The van der Waals surface area contributed by atoms with E-state index >= 15 is 0 Å². The van der Waals surface area contributed by atoms with Crippen LogP contribution < -0.4 is 5.32 Å². The van der Waals surface area contributed by atoms with Crippen molar-refractivity contribution in [2.75, 3.05) is 11.9 Å². The molecule has 0 radical (unpaired) electrons. The third-order valence-corrected chi connectivity index (χ3v) is 4.04. The minimum absolute atomic E-state index is 0.906. The van der Waals surface area contributed by atoms with Crippen molar-refractivity contribution in [3.8, 4) is 11.3 Å². The first-order chi connectivity index (χ1) is 9.86. The molecule has 0 spiro atoms. The number of hydrogen-bond acceptors (Lipinski definition) is 2. The Labute approximate surface area is 118 Å². The van der Waals surface area contributed by atoms with E-state index < -0.39 is 0 Å². The monoisotopic (exact) mass is 263 g/mol. The molecule has 20 heavy (non-hydrogen) atoms. The topological polar surface area (TPSA) is 29.9 Å². The van der Waals surface area contributed by atoms with Gasteiger partial charge in [0.1, 0.15) is 5.82 Å². The fourth-order valence-electron chi connectivity index (χ4n) is 3.04. The van der Waals surface area contributed by atoms with Gasteiger partial charge in [-0.25, -0.2) is 4.68 Å². The van der Waals surface area contributed by atoms with Crippen LogP contribution in [-0.2, 0) is 13.0 Å². The summed E-state index contributed by atoms with van der Waals surface area (Å²) in [5.74, 6) is 1.20. The SMILES string of the molecule is CCn1nc(-c2ccc3ccccc3c2)c2c1NCC2. The molecular formula is C17H17N3. The Balaban J connectivity index is 1.91. The standard InChI is InChI=1S/C17H17N3/c1-2-20-17-15(9-10-18-17)16(19-20)14-8-7-12-5-3-4-6-13(12)11-14/h3-8,11,18H,2,9-10H2,1H3. The van der Waals surface area contributed by atoms with Crippen LogP contribution in [-0.4, -0.2) is 16.3 Å². The lowest BCUT2D eigenvalue weighted by atomic mass is 10.0. The molecule has 2 heterocycles. The molecule has 1 aliphatic rings. The molecule has 1 N–H and O–H groups in total. The number of rotatable bonds is 2. The van der Waals surface area contributed by atoms with Gasteiger partial charge in [0.25, 0.3) is 0 Å². The molecule has 100 valence electrons. The van der Waals surface area contributed by atoms with Crippen LogP contribution in [0.5, 0.6) is 0 Å². The van der Waals surface area contributed by atoms with Gasteiger partial charge in [0.2, 0.25) is 0 Å². The highest BCUT2D eigenvalue weighted by Gasteiger charge is 2.22. The lowest BCUT2D eigenvalue weighted by Gasteiger charge is -2.03. The average Bonchev–Trinajstić information content (AvgIpc) is 3.08. The minimum Gasteiger partial charge on any atom is -0.370 e. The maximum Gasteiger partial charge on any atom is 0.128 e. The maximum absolute atomic E-state index is 4.78. The fraction of sp³-hybridized carbons (Fsp3) is 0.235. The van der Waals surface area contributed by atoms with Crippen LogP contribution in [0.3, 0.4) is 0 Å². The zero-order chi connectivity index (χ0) is 13.5. The van der Waals surface area contributed by atoms with Gasteiger partial charge in [-0.1, -0.05) is 36.4 Å². The summed E-state index contributed by atoms with van der Waals surface area (Å²) in [5.41, 5.74) is 3.72. The van der Waals surface area contributed by atoms with Gasteiger partial charge >= 0.3 is 0 Å². The van der Waals surface area contributed by atoms with E-state index in [9.17, 15) is 0 Å². The Hall–Kier alpha value is -2.29. The van der Waals surface area contributed by atoms with Crippen molar-refractivity contribution in [2.24, 2.45) is 0 Å². The molecule has 0 unspecified atom stereocenters. The number of benzene rings is 2. The summed E-state index contributed by atoms with van der Waals surface area (Å²) in [5, 5.41) is 10.8. The normalized spacial score (nSPS) is 13.4. The Morgan fingerprint density at radius 1 is 1.15 bits per heavy atom. The van der Waals surface area contributed by atoms with Crippen LogP contribution in [0, 0.1) is 0 Å². The summed E-state index contributed by atoms with van der Waals surface area (Å²) < 4.78 is 2.08. The van der Waals surface area contributed by atoms with Crippen molar-refractivity contribution in [3.63, 3.8) is 0 Å². The quantitative estimate of drug-likeness (QED) is 0.764. The number of aryl methyl sites for hydroxylation is 1. The third kappa shape index (κ3) is 1.63. The van der Waals surface area contributed by atoms with E-state index in [0.717, 1.165) is 25.2 Å². The number of nitrogens with zero attached hydrogens (tertiary/aromatic N) is 2. The van der Waals surface area contributed by atoms with Gasteiger partial charge in [0, 0.05) is 24.2 Å². The van der Waals surface area contributed by atoms with Crippen molar-refractivity contribution < 1.29 is 0 Å². The minimum atomic E-state index is 0.906. The Bertz CT molecular complexity index is 786. The highest BCUT2D eigenvalue weighted by atomic mass is 15.3. The van der Waals surface area contributed by atoms with E-state index in [2.05, 4.69) is 59.4 Å². The Morgan fingerprint density at radius 3 is 2.85 bits per heavy atom. The summed E-state index contributed by atoms with van der Waals surface area (Å²) in [4.78, 5) is 0. The van der Waals surface area contributed by atoms with Gasteiger partial charge < -0.3 is 5.32 Å². The van der Waals surface area contributed by atoms with Crippen LogP contribution in [0.4, 0.5) is 5.82 Å². The summed E-state index contributed by atoms with van der Waals surface area (Å²) >= 11 is 0. The van der Waals surface area contributed by atoms with E-state index in [1.807, 2.05) is 0 Å². The van der Waals surface area contributed by atoms with Crippen LogP contribution in [0.2, 0.25) is 0 Å². The summed E-state index contributed by atoms with van der Waals surface area (Å²) in [6, 6.07) is 15.1.